The number of pyridine rings is 1. The van der Waals surface area contributed by atoms with Crippen LogP contribution in [0, 0.1) is 13.8 Å². The molecule has 7 heteroatoms. The predicted molar refractivity (Wildman–Crippen MR) is 109 cm³/mol. The highest BCUT2D eigenvalue weighted by molar-refractivity contribution is 6.32. The van der Waals surface area contributed by atoms with E-state index in [1.807, 2.05) is 44.2 Å². The average Bonchev–Trinajstić information content (AvgIpc) is 2.95. The number of rotatable bonds is 4. The molecule has 0 saturated carbocycles. The molecule has 0 spiro atoms. The molecule has 0 amide bonds. The minimum absolute atomic E-state index is 0.551. The van der Waals surface area contributed by atoms with Crippen LogP contribution in [0.4, 0.5) is 5.82 Å². The summed E-state index contributed by atoms with van der Waals surface area (Å²) in [6, 6.07) is 9.55. The Kier molecular flexibility index (Phi) is 5.30. The zero-order chi connectivity index (χ0) is 19.5. The van der Waals surface area contributed by atoms with Gasteiger partial charge in [0.2, 0.25) is 0 Å². The molecule has 144 valence electrons. The Labute approximate surface area is 168 Å². The predicted octanol–water partition coefficient (Wildman–Crippen LogP) is 4.58. The second-order valence-electron chi connectivity index (χ2n) is 6.63. The van der Waals surface area contributed by atoms with Gasteiger partial charge in [0.15, 0.2) is 17.3 Å². The van der Waals surface area contributed by atoms with Crippen LogP contribution < -0.4 is 14.8 Å². The summed E-state index contributed by atoms with van der Waals surface area (Å²) in [6.07, 6.45) is 2.58. The molecular weight excluding hydrogens is 376 g/mol. The van der Waals surface area contributed by atoms with Crippen molar-refractivity contribution in [2.45, 2.75) is 26.8 Å². The molecule has 0 bridgehead atoms. The number of anilines is 1. The summed E-state index contributed by atoms with van der Waals surface area (Å²) in [4.78, 5) is 13.6. The minimum atomic E-state index is 0.551. The van der Waals surface area contributed by atoms with Gasteiger partial charge >= 0.3 is 0 Å². The van der Waals surface area contributed by atoms with Crippen molar-refractivity contribution < 1.29 is 9.47 Å². The fourth-order valence-electron chi connectivity index (χ4n) is 2.98. The molecule has 28 heavy (non-hydrogen) atoms. The third kappa shape index (κ3) is 3.87. The van der Waals surface area contributed by atoms with Gasteiger partial charge in [0.1, 0.15) is 11.5 Å². The quantitative estimate of drug-likeness (QED) is 0.696. The zero-order valence-corrected chi connectivity index (χ0v) is 16.6. The van der Waals surface area contributed by atoms with E-state index in [1.54, 1.807) is 6.20 Å². The van der Waals surface area contributed by atoms with Gasteiger partial charge in [-0.25, -0.2) is 9.97 Å². The Bertz CT molecular complexity index is 995. The number of aromatic nitrogens is 3. The number of nitrogens with one attached hydrogen (secondary N) is 1. The van der Waals surface area contributed by atoms with Crippen LogP contribution in [0.25, 0.3) is 11.5 Å². The molecular formula is C21H21ClN4O2. The fraction of sp³-hybridized carbons (Fsp3) is 0.286. The molecule has 0 aliphatic carbocycles. The lowest BCUT2D eigenvalue weighted by Gasteiger charge is -2.14. The van der Waals surface area contributed by atoms with Crippen LogP contribution in [0.2, 0.25) is 5.02 Å². The van der Waals surface area contributed by atoms with Crippen LogP contribution in [-0.2, 0) is 6.54 Å². The summed E-state index contributed by atoms with van der Waals surface area (Å²) < 4.78 is 11.5. The first-order valence-electron chi connectivity index (χ1n) is 9.20. The molecule has 1 N–H and O–H groups in total. The van der Waals surface area contributed by atoms with Crippen LogP contribution in [0.15, 0.2) is 36.5 Å². The Hall–Kier alpha value is -2.86. The van der Waals surface area contributed by atoms with Gasteiger partial charge in [0.05, 0.1) is 18.2 Å². The molecule has 0 radical (unpaired) electrons. The molecule has 1 aliphatic rings. The lowest BCUT2D eigenvalue weighted by atomic mass is 10.2. The molecule has 0 atom stereocenters. The Morgan fingerprint density at radius 1 is 1.11 bits per heavy atom. The van der Waals surface area contributed by atoms with Crippen molar-refractivity contribution in [2.24, 2.45) is 0 Å². The van der Waals surface area contributed by atoms with Crippen LogP contribution in [0.3, 0.4) is 0 Å². The van der Waals surface area contributed by atoms with Crippen molar-refractivity contribution in [3.63, 3.8) is 0 Å². The Morgan fingerprint density at radius 2 is 1.96 bits per heavy atom. The van der Waals surface area contributed by atoms with E-state index in [4.69, 9.17) is 21.1 Å². The molecule has 0 saturated heterocycles. The highest BCUT2D eigenvalue weighted by atomic mass is 35.5. The van der Waals surface area contributed by atoms with E-state index < -0.39 is 0 Å². The maximum Gasteiger partial charge on any atom is 0.180 e. The first-order valence-corrected chi connectivity index (χ1v) is 9.58. The van der Waals surface area contributed by atoms with Crippen molar-refractivity contribution in [3.05, 3.63) is 58.4 Å². The summed E-state index contributed by atoms with van der Waals surface area (Å²) in [5.74, 6) is 2.68. The number of benzene rings is 1. The van der Waals surface area contributed by atoms with E-state index >= 15 is 0 Å². The normalized spacial score (nSPS) is 13.1. The largest absolute Gasteiger partial charge is 0.489 e. The lowest BCUT2D eigenvalue weighted by Crippen LogP contribution is -2.07. The summed E-state index contributed by atoms with van der Waals surface area (Å²) in [5.41, 5.74) is 3.64. The van der Waals surface area contributed by atoms with E-state index in [0.717, 1.165) is 34.8 Å². The number of ether oxygens (including phenoxy) is 2. The second kappa shape index (κ2) is 8.02. The van der Waals surface area contributed by atoms with Crippen molar-refractivity contribution in [2.75, 3.05) is 18.5 Å². The Balaban J connectivity index is 1.59. The van der Waals surface area contributed by atoms with E-state index in [-0.39, 0.29) is 0 Å². The number of aryl methyl sites for hydroxylation is 1. The van der Waals surface area contributed by atoms with Gasteiger partial charge in [0.25, 0.3) is 0 Å². The minimum Gasteiger partial charge on any atom is -0.489 e. The first-order chi connectivity index (χ1) is 13.6. The van der Waals surface area contributed by atoms with Crippen molar-refractivity contribution in [1.82, 2.24) is 15.0 Å². The summed E-state index contributed by atoms with van der Waals surface area (Å²) in [7, 11) is 0. The summed E-state index contributed by atoms with van der Waals surface area (Å²) in [5, 5.41) is 3.95. The molecule has 3 heterocycles. The highest BCUT2D eigenvalue weighted by Gasteiger charge is 2.16. The summed E-state index contributed by atoms with van der Waals surface area (Å²) >= 11 is 6.40. The van der Waals surface area contributed by atoms with Crippen LogP contribution in [0.1, 0.15) is 23.2 Å². The van der Waals surface area contributed by atoms with Crippen molar-refractivity contribution in [3.8, 4) is 23.0 Å². The molecule has 3 aromatic rings. The number of nitrogens with zero attached hydrogens (tertiary/aromatic N) is 3. The van der Waals surface area contributed by atoms with E-state index in [2.05, 4.69) is 20.3 Å². The van der Waals surface area contributed by atoms with Gasteiger partial charge in [-0.15, -0.1) is 0 Å². The summed E-state index contributed by atoms with van der Waals surface area (Å²) in [6.45, 7) is 5.76. The topological polar surface area (TPSA) is 69.2 Å². The van der Waals surface area contributed by atoms with Gasteiger partial charge < -0.3 is 14.8 Å². The molecule has 4 rings (SSSR count). The third-order valence-electron chi connectivity index (χ3n) is 4.61. The highest BCUT2D eigenvalue weighted by Crippen LogP contribution is 2.38. The maximum absolute atomic E-state index is 6.40. The van der Waals surface area contributed by atoms with Crippen molar-refractivity contribution >= 4 is 17.4 Å². The maximum atomic E-state index is 6.40. The van der Waals surface area contributed by atoms with Gasteiger partial charge in [-0.05, 0) is 43.7 Å². The average molecular weight is 397 g/mol. The number of halogens is 1. The van der Waals surface area contributed by atoms with Gasteiger partial charge in [-0.1, -0.05) is 17.7 Å². The fourth-order valence-corrected chi connectivity index (χ4v) is 3.27. The monoisotopic (exact) mass is 396 g/mol. The van der Waals surface area contributed by atoms with E-state index in [0.29, 0.717) is 42.1 Å². The third-order valence-corrected chi connectivity index (χ3v) is 4.89. The molecule has 0 unspecified atom stereocenters. The van der Waals surface area contributed by atoms with Crippen LogP contribution in [-0.4, -0.2) is 28.2 Å². The lowest BCUT2D eigenvalue weighted by molar-refractivity contribution is 0.297. The Morgan fingerprint density at radius 3 is 2.79 bits per heavy atom. The SMILES string of the molecule is Cc1nc(-c2ccccn2)nc(NCc2cc(Cl)c3c(c2)OCCCO3)c1C. The van der Waals surface area contributed by atoms with E-state index in [1.165, 1.54) is 0 Å². The number of hydrogen-bond acceptors (Lipinski definition) is 6. The van der Waals surface area contributed by atoms with Crippen LogP contribution in [0.5, 0.6) is 11.5 Å². The first kappa shape index (κ1) is 18.5. The standard InChI is InChI=1S/C21H21ClN4O2/c1-13-14(2)25-21(17-6-3-4-7-23-17)26-20(13)24-12-15-10-16(22)19-18(11-15)27-8-5-9-28-19/h3-4,6-7,10-11H,5,8-9,12H2,1-2H3,(H,24,25,26). The van der Waals surface area contributed by atoms with Crippen molar-refractivity contribution in [1.29, 1.82) is 0 Å². The molecule has 1 aliphatic heterocycles. The van der Waals surface area contributed by atoms with Crippen LogP contribution >= 0.6 is 11.6 Å². The zero-order valence-electron chi connectivity index (χ0n) is 15.8. The van der Waals surface area contributed by atoms with Gasteiger partial charge in [0, 0.05) is 30.4 Å². The second-order valence-corrected chi connectivity index (χ2v) is 7.04. The smallest absolute Gasteiger partial charge is 0.180 e. The molecule has 0 fully saturated rings. The van der Waals surface area contributed by atoms with Gasteiger partial charge in [-0.3, -0.25) is 4.98 Å². The molecule has 2 aromatic heterocycles. The molecule has 1 aromatic carbocycles. The van der Waals surface area contributed by atoms with Gasteiger partial charge in [-0.2, -0.15) is 0 Å². The molecule has 6 nitrogen and oxygen atoms in total. The number of hydrogen-bond donors (Lipinski definition) is 1. The van der Waals surface area contributed by atoms with E-state index in [9.17, 15) is 0 Å². The number of fused-ring (bicyclic) bond motifs is 1.